The zero-order valence-corrected chi connectivity index (χ0v) is 11.0. The Bertz CT molecular complexity index is 506. The molecule has 19 heavy (non-hydrogen) atoms. The van der Waals surface area contributed by atoms with Crippen LogP contribution in [0, 0.1) is 5.92 Å². The Morgan fingerprint density at radius 1 is 1.58 bits per heavy atom. The number of aliphatic carboxylic acids is 1. The number of anilines is 1. The molecule has 1 saturated carbocycles. The summed E-state index contributed by atoms with van der Waals surface area (Å²) in [6.07, 6.45) is 6.06. The van der Waals surface area contributed by atoms with E-state index in [1.807, 2.05) is 6.92 Å². The average Bonchev–Trinajstić information content (AvgIpc) is 2.33. The largest absolute Gasteiger partial charge is 0.481 e. The van der Waals surface area contributed by atoms with Crippen molar-refractivity contribution in [1.29, 1.82) is 0 Å². The zero-order chi connectivity index (χ0) is 13.8. The molecule has 2 N–H and O–H groups in total. The highest BCUT2D eigenvalue weighted by atomic mass is 16.4. The number of nitrogens with zero attached hydrogens (tertiary/aromatic N) is 2. The highest BCUT2D eigenvalue weighted by Gasteiger charge is 2.29. The van der Waals surface area contributed by atoms with E-state index in [1.54, 1.807) is 17.0 Å². The second kappa shape index (κ2) is 5.86. The fraction of sp³-hybridized carbons (Fsp3) is 0.615. The van der Waals surface area contributed by atoms with Crippen molar-refractivity contribution in [2.45, 2.75) is 45.2 Å². The molecule has 1 fully saturated rings. The van der Waals surface area contributed by atoms with Crippen molar-refractivity contribution in [2.24, 2.45) is 5.92 Å². The molecular formula is C13H19N3O3. The van der Waals surface area contributed by atoms with E-state index in [-0.39, 0.29) is 18.0 Å². The average molecular weight is 265 g/mol. The van der Waals surface area contributed by atoms with Crippen molar-refractivity contribution in [1.82, 2.24) is 9.55 Å². The molecule has 0 saturated heterocycles. The summed E-state index contributed by atoms with van der Waals surface area (Å²) >= 11 is 0. The van der Waals surface area contributed by atoms with Crippen LogP contribution >= 0.6 is 0 Å². The monoisotopic (exact) mass is 265 g/mol. The molecule has 0 atom stereocenters. The Labute approximate surface area is 111 Å². The fourth-order valence-corrected chi connectivity index (χ4v) is 2.41. The number of carboxylic acids is 1. The van der Waals surface area contributed by atoms with Crippen LogP contribution in [-0.4, -0.2) is 26.7 Å². The first kappa shape index (κ1) is 13.6. The Balaban J connectivity index is 1.84. The van der Waals surface area contributed by atoms with Crippen LogP contribution in [0.3, 0.4) is 0 Å². The third-order valence-corrected chi connectivity index (χ3v) is 3.60. The Morgan fingerprint density at radius 3 is 2.95 bits per heavy atom. The number of carbonyl (C=O) groups is 1. The Kier molecular flexibility index (Phi) is 4.19. The third kappa shape index (κ3) is 3.33. The van der Waals surface area contributed by atoms with E-state index >= 15 is 0 Å². The molecule has 1 heterocycles. The van der Waals surface area contributed by atoms with Crippen LogP contribution in [0.2, 0.25) is 0 Å². The molecule has 104 valence electrons. The van der Waals surface area contributed by atoms with E-state index in [1.165, 1.54) is 0 Å². The zero-order valence-electron chi connectivity index (χ0n) is 11.0. The van der Waals surface area contributed by atoms with Crippen LogP contribution in [0.4, 0.5) is 5.82 Å². The second-order valence-electron chi connectivity index (χ2n) is 4.98. The van der Waals surface area contributed by atoms with Gasteiger partial charge in [0.1, 0.15) is 0 Å². The predicted molar refractivity (Wildman–Crippen MR) is 71.2 cm³/mol. The maximum Gasteiger partial charge on any atom is 0.303 e. The smallest absolute Gasteiger partial charge is 0.303 e. The Morgan fingerprint density at radius 2 is 2.32 bits per heavy atom. The van der Waals surface area contributed by atoms with Gasteiger partial charge in [0, 0.05) is 31.4 Å². The van der Waals surface area contributed by atoms with E-state index in [0.29, 0.717) is 18.3 Å². The van der Waals surface area contributed by atoms with E-state index in [4.69, 9.17) is 5.11 Å². The van der Waals surface area contributed by atoms with Crippen LogP contribution in [0.5, 0.6) is 0 Å². The Hall–Kier alpha value is -1.85. The molecule has 0 aromatic carbocycles. The van der Waals surface area contributed by atoms with Gasteiger partial charge in [0.25, 0.3) is 5.56 Å². The third-order valence-electron chi connectivity index (χ3n) is 3.60. The van der Waals surface area contributed by atoms with E-state index in [9.17, 15) is 9.59 Å². The van der Waals surface area contributed by atoms with E-state index < -0.39 is 5.97 Å². The van der Waals surface area contributed by atoms with Gasteiger partial charge in [0.15, 0.2) is 5.82 Å². The maximum atomic E-state index is 11.9. The van der Waals surface area contributed by atoms with Crippen LogP contribution in [0.1, 0.15) is 32.6 Å². The highest BCUT2D eigenvalue weighted by Crippen LogP contribution is 2.32. The number of carboxylic acid groups (broad SMARTS) is 1. The standard InChI is InChI=1S/C13H19N3O3/c1-2-16-6-5-14-12(13(16)19)15-10-7-9(8-10)3-4-11(17)18/h5-6,9-10H,2-4,7-8H2,1H3,(H,14,15)(H,17,18). The summed E-state index contributed by atoms with van der Waals surface area (Å²) in [5.41, 5.74) is -0.0982. The topological polar surface area (TPSA) is 84.2 Å². The molecule has 1 aromatic heterocycles. The second-order valence-corrected chi connectivity index (χ2v) is 4.98. The molecule has 6 heteroatoms. The van der Waals surface area contributed by atoms with Gasteiger partial charge >= 0.3 is 5.97 Å². The van der Waals surface area contributed by atoms with Gasteiger partial charge in [0.2, 0.25) is 0 Å². The molecular weight excluding hydrogens is 246 g/mol. The number of hydrogen-bond donors (Lipinski definition) is 2. The van der Waals surface area contributed by atoms with Gasteiger partial charge in [-0.1, -0.05) is 0 Å². The van der Waals surface area contributed by atoms with Gasteiger partial charge in [-0.2, -0.15) is 0 Å². The lowest BCUT2D eigenvalue weighted by Gasteiger charge is -2.35. The van der Waals surface area contributed by atoms with Gasteiger partial charge < -0.3 is 15.0 Å². The van der Waals surface area contributed by atoms with Crippen LogP contribution < -0.4 is 10.9 Å². The lowest BCUT2D eigenvalue weighted by atomic mass is 9.77. The summed E-state index contributed by atoms with van der Waals surface area (Å²) in [5.74, 6) is 0.101. The first-order valence-corrected chi connectivity index (χ1v) is 6.64. The number of aromatic nitrogens is 2. The summed E-state index contributed by atoms with van der Waals surface area (Å²) in [6, 6.07) is 0.242. The number of rotatable bonds is 6. The normalized spacial score (nSPS) is 21.7. The quantitative estimate of drug-likeness (QED) is 0.810. The number of aryl methyl sites for hydroxylation is 1. The maximum absolute atomic E-state index is 11.9. The minimum atomic E-state index is -0.744. The van der Waals surface area contributed by atoms with Gasteiger partial charge in [-0.05, 0) is 32.1 Å². The number of nitrogens with one attached hydrogen (secondary N) is 1. The molecule has 0 amide bonds. The predicted octanol–water partition coefficient (Wildman–Crippen LogP) is 1.32. The number of hydrogen-bond acceptors (Lipinski definition) is 4. The summed E-state index contributed by atoms with van der Waals surface area (Å²) in [7, 11) is 0. The van der Waals surface area contributed by atoms with Crippen molar-refractivity contribution in [2.75, 3.05) is 5.32 Å². The van der Waals surface area contributed by atoms with Crippen LogP contribution in [0.15, 0.2) is 17.2 Å². The lowest BCUT2D eigenvalue weighted by Crippen LogP contribution is -2.38. The first-order chi connectivity index (χ1) is 9.10. The van der Waals surface area contributed by atoms with E-state index in [2.05, 4.69) is 10.3 Å². The van der Waals surface area contributed by atoms with Crippen LogP contribution in [0.25, 0.3) is 0 Å². The SMILES string of the molecule is CCn1ccnc(NC2CC(CCC(=O)O)C2)c1=O. The van der Waals surface area contributed by atoms with Gasteiger partial charge in [-0.25, -0.2) is 4.98 Å². The summed E-state index contributed by atoms with van der Waals surface area (Å²) in [6.45, 7) is 2.54. The molecule has 0 bridgehead atoms. The molecule has 2 rings (SSSR count). The molecule has 1 aliphatic carbocycles. The summed E-state index contributed by atoms with van der Waals surface area (Å²) in [4.78, 5) is 26.5. The van der Waals surface area contributed by atoms with Crippen LogP contribution in [-0.2, 0) is 11.3 Å². The molecule has 0 spiro atoms. The van der Waals surface area contributed by atoms with Crippen molar-refractivity contribution >= 4 is 11.8 Å². The molecule has 1 aliphatic rings. The molecule has 6 nitrogen and oxygen atoms in total. The van der Waals surface area contributed by atoms with Gasteiger partial charge in [-0.3, -0.25) is 9.59 Å². The minimum absolute atomic E-state index is 0.0982. The molecule has 0 radical (unpaired) electrons. The van der Waals surface area contributed by atoms with Crippen molar-refractivity contribution in [3.63, 3.8) is 0 Å². The highest BCUT2D eigenvalue weighted by molar-refractivity contribution is 5.66. The molecule has 0 aliphatic heterocycles. The molecule has 0 unspecified atom stereocenters. The van der Waals surface area contributed by atoms with Crippen molar-refractivity contribution in [3.8, 4) is 0 Å². The minimum Gasteiger partial charge on any atom is -0.481 e. The fourth-order valence-electron chi connectivity index (χ4n) is 2.41. The summed E-state index contributed by atoms with van der Waals surface area (Å²) in [5, 5.41) is 11.8. The van der Waals surface area contributed by atoms with Gasteiger partial charge in [-0.15, -0.1) is 0 Å². The first-order valence-electron chi connectivity index (χ1n) is 6.64. The lowest BCUT2D eigenvalue weighted by molar-refractivity contribution is -0.137. The van der Waals surface area contributed by atoms with Gasteiger partial charge in [0.05, 0.1) is 0 Å². The van der Waals surface area contributed by atoms with E-state index in [0.717, 1.165) is 19.3 Å². The van der Waals surface area contributed by atoms with Crippen molar-refractivity contribution < 1.29 is 9.90 Å². The summed E-state index contributed by atoms with van der Waals surface area (Å²) < 4.78 is 1.61. The molecule has 1 aromatic rings. The van der Waals surface area contributed by atoms with Crippen molar-refractivity contribution in [3.05, 3.63) is 22.7 Å².